The summed E-state index contributed by atoms with van der Waals surface area (Å²) in [7, 11) is 0. The second-order valence-corrected chi connectivity index (χ2v) is 6.15. The van der Waals surface area contributed by atoms with E-state index in [9.17, 15) is 14.0 Å². The van der Waals surface area contributed by atoms with E-state index in [4.69, 9.17) is 16.3 Å². The number of amides is 1. The minimum Gasteiger partial charge on any atom is -0.454 e. The van der Waals surface area contributed by atoms with Gasteiger partial charge in [0.05, 0.1) is 0 Å². The summed E-state index contributed by atoms with van der Waals surface area (Å²) in [6, 6.07) is 12.5. The Morgan fingerprint density at radius 3 is 2.54 bits per heavy atom. The highest BCUT2D eigenvalue weighted by Crippen LogP contribution is 2.16. The van der Waals surface area contributed by atoms with Crippen LogP contribution in [0.15, 0.2) is 48.5 Å². The van der Waals surface area contributed by atoms with Gasteiger partial charge in [0.2, 0.25) is 5.82 Å². The molecular formula is C18H15ClFN5O3. The van der Waals surface area contributed by atoms with Crippen LogP contribution in [0, 0.1) is 5.82 Å². The highest BCUT2D eigenvalue weighted by atomic mass is 35.5. The topological polar surface area (TPSA) is 99.0 Å². The minimum absolute atomic E-state index is 0.200. The van der Waals surface area contributed by atoms with E-state index in [0.29, 0.717) is 16.4 Å². The molecule has 0 saturated carbocycles. The Balaban J connectivity index is 1.43. The maximum atomic E-state index is 12.8. The van der Waals surface area contributed by atoms with Crippen molar-refractivity contribution >= 4 is 23.5 Å². The molecule has 0 spiro atoms. The van der Waals surface area contributed by atoms with Crippen LogP contribution in [0.25, 0.3) is 11.4 Å². The predicted molar refractivity (Wildman–Crippen MR) is 97.5 cm³/mol. The van der Waals surface area contributed by atoms with Crippen molar-refractivity contribution in [1.29, 1.82) is 0 Å². The molecule has 1 aromatic heterocycles. The molecule has 0 radical (unpaired) electrons. The lowest BCUT2D eigenvalue weighted by Crippen LogP contribution is -2.29. The van der Waals surface area contributed by atoms with Crippen molar-refractivity contribution in [2.45, 2.75) is 13.1 Å². The smallest absolute Gasteiger partial charge is 0.330 e. The number of ether oxygens (including phenoxy) is 1. The molecule has 0 saturated heterocycles. The van der Waals surface area contributed by atoms with Gasteiger partial charge in [-0.2, -0.15) is 4.80 Å². The summed E-state index contributed by atoms with van der Waals surface area (Å²) in [5.74, 6) is -1.19. The molecule has 1 amide bonds. The van der Waals surface area contributed by atoms with E-state index in [2.05, 4.69) is 20.7 Å². The van der Waals surface area contributed by atoms with Gasteiger partial charge in [-0.3, -0.25) is 4.79 Å². The number of tetrazole rings is 1. The van der Waals surface area contributed by atoms with Crippen LogP contribution in [0.4, 0.5) is 4.39 Å². The predicted octanol–water partition coefficient (Wildman–Crippen LogP) is 1.99. The van der Waals surface area contributed by atoms with E-state index >= 15 is 0 Å². The van der Waals surface area contributed by atoms with Crippen LogP contribution >= 0.6 is 11.6 Å². The van der Waals surface area contributed by atoms with Crippen molar-refractivity contribution in [1.82, 2.24) is 25.5 Å². The van der Waals surface area contributed by atoms with Gasteiger partial charge in [-0.25, -0.2) is 9.18 Å². The highest BCUT2D eigenvalue weighted by molar-refractivity contribution is 6.30. The Kier molecular flexibility index (Phi) is 6.28. The summed E-state index contributed by atoms with van der Waals surface area (Å²) in [6.45, 7) is -0.531. The van der Waals surface area contributed by atoms with Gasteiger partial charge < -0.3 is 10.1 Å². The van der Waals surface area contributed by atoms with Gasteiger partial charge in [0.15, 0.2) is 13.2 Å². The molecule has 2 aromatic carbocycles. The first-order chi connectivity index (χ1) is 13.5. The lowest BCUT2D eigenvalue weighted by molar-refractivity contribution is -0.149. The average Bonchev–Trinajstić information content (AvgIpc) is 3.15. The number of halogens is 2. The molecule has 28 heavy (non-hydrogen) atoms. The van der Waals surface area contributed by atoms with E-state index < -0.39 is 18.5 Å². The van der Waals surface area contributed by atoms with E-state index in [1.54, 1.807) is 36.4 Å². The van der Waals surface area contributed by atoms with Gasteiger partial charge in [-0.05, 0) is 47.2 Å². The Labute approximate surface area is 164 Å². The molecule has 0 aliphatic rings. The van der Waals surface area contributed by atoms with Crippen molar-refractivity contribution in [2.24, 2.45) is 0 Å². The van der Waals surface area contributed by atoms with Crippen LogP contribution in [0.5, 0.6) is 0 Å². The van der Waals surface area contributed by atoms with Crippen molar-refractivity contribution < 1.29 is 18.7 Å². The largest absolute Gasteiger partial charge is 0.454 e. The van der Waals surface area contributed by atoms with Crippen LogP contribution < -0.4 is 5.32 Å². The molecule has 0 bridgehead atoms. The number of esters is 1. The van der Waals surface area contributed by atoms with Crippen LogP contribution in [0.2, 0.25) is 5.02 Å². The van der Waals surface area contributed by atoms with Gasteiger partial charge in [0.1, 0.15) is 5.82 Å². The van der Waals surface area contributed by atoms with Crippen LogP contribution in [-0.2, 0) is 27.4 Å². The summed E-state index contributed by atoms with van der Waals surface area (Å²) >= 11 is 5.83. The Bertz CT molecular complexity index is 960. The molecule has 0 unspecified atom stereocenters. The zero-order valence-electron chi connectivity index (χ0n) is 14.5. The van der Waals surface area contributed by atoms with Gasteiger partial charge in [0, 0.05) is 17.1 Å². The van der Waals surface area contributed by atoms with Gasteiger partial charge in [-0.1, -0.05) is 23.7 Å². The maximum Gasteiger partial charge on any atom is 0.330 e. The molecule has 0 aliphatic carbocycles. The number of carbonyl (C=O) groups is 2. The van der Waals surface area contributed by atoms with E-state index in [-0.39, 0.29) is 18.9 Å². The number of benzene rings is 2. The fourth-order valence-corrected chi connectivity index (χ4v) is 2.31. The molecule has 1 N–H and O–H groups in total. The SMILES string of the molecule is O=C(COC(=O)Cn1nnc(-c2ccc(Cl)cc2)n1)NCc1ccc(F)cc1. The summed E-state index contributed by atoms with van der Waals surface area (Å²) < 4.78 is 17.7. The third-order valence-corrected chi connectivity index (χ3v) is 3.84. The number of carbonyl (C=O) groups excluding carboxylic acids is 2. The Hall–Kier alpha value is -3.33. The Morgan fingerprint density at radius 1 is 1.11 bits per heavy atom. The summed E-state index contributed by atoms with van der Waals surface area (Å²) in [5.41, 5.74) is 1.42. The molecule has 1 heterocycles. The third kappa shape index (κ3) is 5.58. The lowest BCUT2D eigenvalue weighted by Gasteiger charge is -2.06. The Morgan fingerprint density at radius 2 is 1.82 bits per heavy atom. The summed E-state index contributed by atoms with van der Waals surface area (Å²) in [6.07, 6.45) is 0. The molecule has 8 nitrogen and oxygen atoms in total. The first kappa shape index (κ1) is 19.4. The van der Waals surface area contributed by atoms with Crippen molar-refractivity contribution in [2.75, 3.05) is 6.61 Å². The fourth-order valence-electron chi connectivity index (χ4n) is 2.19. The van der Waals surface area contributed by atoms with Crippen molar-refractivity contribution in [3.63, 3.8) is 0 Å². The number of rotatable bonds is 7. The molecule has 3 rings (SSSR count). The number of hydrogen-bond acceptors (Lipinski definition) is 6. The van der Waals surface area contributed by atoms with Gasteiger partial charge >= 0.3 is 5.97 Å². The van der Waals surface area contributed by atoms with Crippen LogP contribution in [0.1, 0.15) is 5.56 Å². The molecule has 0 atom stereocenters. The molecular weight excluding hydrogens is 389 g/mol. The van der Waals surface area contributed by atoms with Crippen molar-refractivity contribution in [3.8, 4) is 11.4 Å². The highest BCUT2D eigenvalue weighted by Gasteiger charge is 2.12. The summed E-state index contributed by atoms with van der Waals surface area (Å²) in [5, 5.41) is 14.9. The number of aromatic nitrogens is 4. The molecule has 0 aliphatic heterocycles. The van der Waals surface area contributed by atoms with E-state index in [1.165, 1.54) is 12.1 Å². The average molecular weight is 404 g/mol. The molecule has 144 valence electrons. The lowest BCUT2D eigenvalue weighted by atomic mass is 10.2. The first-order valence-electron chi connectivity index (χ1n) is 8.20. The number of hydrogen-bond donors (Lipinski definition) is 1. The number of nitrogens with zero attached hydrogens (tertiary/aromatic N) is 4. The van der Waals surface area contributed by atoms with Crippen molar-refractivity contribution in [3.05, 3.63) is 64.9 Å². The van der Waals surface area contributed by atoms with Crippen LogP contribution in [-0.4, -0.2) is 38.7 Å². The summed E-state index contributed by atoms with van der Waals surface area (Å²) in [4.78, 5) is 24.6. The van der Waals surface area contributed by atoms with E-state index in [1.807, 2.05) is 0 Å². The first-order valence-corrected chi connectivity index (χ1v) is 8.58. The third-order valence-electron chi connectivity index (χ3n) is 3.59. The molecule has 0 fully saturated rings. The normalized spacial score (nSPS) is 10.5. The second-order valence-electron chi connectivity index (χ2n) is 5.71. The maximum absolute atomic E-state index is 12.8. The van der Waals surface area contributed by atoms with Gasteiger partial charge in [0.25, 0.3) is 5.91 Å². The standard InChI is InChI=1S/C18H15ClFN5O3/c19-14-5-3-13(4-6-14)18-22-24-25(23-18)10-17(27)28-11-16(26)21-9-12-1-7-15(20)8-2-12/h1-8H,9-11H2,(H,21,26). The zero-order chi connectivity index (χ0) is 19.9. The monoisotopic (exact) mass is 403 g/mol. The van der Waals surface area contributed by atoms with Gasteiger partial charge in [-0.15, -0.1) is 10.2 Å². The molecule has 3 aromatic rings. The quantitative estimate of drug-likeness (QED) is 0.606. The fraction of sp³-hybridized carbons (Fsp3) is 0.167. The zero-order valence-corrected chi connectivity index (χ0v) is 15.3. The number of nitrogens with one attached hydrogen (secondary N) is 1. The van der Waals surface area contributed by atoms with E-state index in [0.717, 1.165) is 10.4 Å². The molecule has 10 heteroatoms. The minimum atomic E-state index is -0.683. The van der Waals surface area contributed by atoms with Crippen LogP contribution in [0.3, 0.4) is 0 Å². The second kappa shape index (κ2) is 9.05.